The fourth-order valence-electron chi connectivity index (χ4n) is 5.34. The standard InChI is InChI=1S/C38H63N5O6Si/c1-26(40-33(44)47-36(5,6)7)17-16-22-46-31-24-28(20-21-39-31)42(34(45)48-37(8,9)10)32-25-30(41-43(32)35(2,3)4)27-18-19-29(23-27)49-50(14,15)38(11,12)13/h16-17,20-21,24-27,29H,18-19,22-23H2,1-15H3,(H,40,44)/b17-16+/t26-,27+,29-/m1/s1. The fourth-order valence-corrected chi connectivity index (χ4v) is 6.74. The molecule has 280 valence electrons. The molecule has 2 aromatic heterocycles. The summed E-state index contributed by atoms with van der Waals surface area (Å²) in [5.74, 6) is 1.15. The van der Waals surface area contributed by atoms with Crippen molar-refractivity contribution in [2.75, 3.05) is 11.5 Å². The summed E-state index contributed by atoms with van der Waals surface area (Å²) in [6.45, 7) is 30.7. The molecule has 2 aromatic rings. The molecule has 0 aliphatic heterocycles. The Morgan fingerprint density at radius 2 is 1.64 bits per heavy atom. The lowest BCUT2D eigenvalue weighted by atomic mass is 10.0. The van der Waals surface area contributed by atoms with E-state index in [0.717, 1.165) is 25.0 Å². The topological polar surface area (TPSA) is 117 Å². The van der Waals surface area contributed by atoms with Crippen molar-refractivity contribution in [3.05, 3.63) is 42.2 Å². The molecule has 3 atom stereocenters. The number of nitrogens with zero attached hydrogens (tertiary/aromatic N) is 4. The molecule has 50 heavy (non-hydrogen) atoms. The van der Waals surface area contributed by atoms with E-state index < -0.39 is 37.2 Å². The van der Waals surface area contributed by atoms with Gasteiger partial charge in [0.25, 0.3) is 0 Å². The zero-order chi connectivity index (χ0) is 37.9. The SMILES string of the molecule is C[C@H](/C=C/COc1cc(N(C(=O)OC(C)(C)C)c2cc([C@H]3CC[C@@H](O[Si](C)(C)C(C)(C)C)C3)nn2C(C)(C)C)ccn1)NC(=O)OC(C)(C)C. The molecule has 1 aliphatic rings. The first-order valence-electron chi connectivity index (χ1n) is 17.8. The highest BCUT2D eigenvalue weighted by atomic mass is 28.4. The average molecular weight is 714 g/mol. The number of amides is 2. The maximum absolute atomic E-state index is 14.0. The van der Waals surface area contributed by atoms with Crippen LogP contribution in [0.4, 0.5) is 21.1 Å². The van der Waals surface area contributed by atoms with Crippen LogP contribution in [0, 0.1) is 0 Å². The van der Waals surface area contributed by atoms with Gasteiger partial charge < -0.3 is 24.0 Å². The largest absolute Gasteiger partial charge is 0.473 e. The lowest BCUT2D eigenvalue weighted by molar-refractivity contribution is 0.0516. The number of ether oxygens (including phenoxy) is 3. The number of alkyl carbamates (subject to hydrolysis) is 1. The molecular formula is C38H63N5O6Si. The third kappa shape index (κ3) is 11.9. The number of carbonyl (C=O) groups is 2. The van der Waals surface area contributed by atoms with Gasteiger partial charge in [0.2, 0.25) is 5.88 Å². The summed E-state index contributed by atoms with van der Waals surface area (Å²) in [5, 5.41) is 8.05. The summed E-state index contributed by atoms with van der Waals surface area (Å²) in [6, 6.07) is 5.24. The molecule has 0 aromatic carbocycles. The first-order chi connectivity index (χ1) is 22.8. The summed E-state index contributed by atoms with van der Waals surface area (Å²) in [7, 11) is -1.91. The van der Waals surface area contributed by atoms with E-state index in [1.54, 1.807) is 29.3 Å². The van der Waals surface area contributed by atoms with Crippen LogP contribution >= 0.6 is 0 Å². The summed E-state index contributed by atoms with van der Waals surface area (Å²) in [5.41, 5.74) is -0.271. The van der Waals surface area contributed by atoms with E-state index in [9.17, 15) is 9.59 Å². The quantitative estimate of drug-likeness (QED) is 0.191. The highest BCUT2D eigenvalue weighted by Crippen LogP contribution is 2.44. The van der Waals surface area contributed by atoms with Gasteiger partial charge in [-0.05, 0) is 119 Å². The molecule has 0 saturated heterocycles. The molecule has 1 fully saturated rings. The predicted octanol–water partition coefficient (Wildman–Crippen LogP) is 9.61. The second-order valence-electron chi connectivity index (χ2n) is 17.9. The van der Waals surface area contributed by atoms with Crippen LogP contribution in [-0.2, 0) is 19.4 Å². The summed E-state index contributed by atoms with van der Waals surface area (Å²) in [6.07, 6.45) is 7.25. The van der Waals surface area contributed by atoms with Crippen molar-refractivity contribution in [1.82, 2.24) is 20.1 Å². The van der Waals surface area contributed by atoms with E-state index in [1.165, 1.54) is 0 Å². The van der Waals surface area contributed by atoms with Gasteiger partial charge >= 0.3 is 12.2 Å². The number of aromatic nitrogens is 3. The van der Waals surface area contributed by atoms with Crippen molar-refractivity contribution in [3.63, 3.8) is 0 Å². The summed E-state index contributed by atoms with van der Waals surface area (Å²) in [4.78, 5) is 32.1. The van der Waals surface area contributed by atoms with Crippen LogP contribution in [0.5, 0.6) is 5.88 Å². The van der Waals surface area contributed by atoms with Gasteiger partial charge in [-0.2, -0.15) is 5.10 Å². The van der Waals surface area contributed by atoms with Crippen LogP contribution in [0.2, 0.25) is 18.1 Å². The van der Waals surface area contributed by atoms with E-state index in [0.29, 0.717) is 17.4 Å². The van der Waals surface area contributed by atoms with Crippen molar-refractivity contribution in [2.45, 2.75) is 162 Å². The van der Waals surface area contributed by atoms with Crippen LogP contribution in [0.1, 0.15) is 121 Å². The molecule has 11 nitrogen and oxygen atoms in total. The van der Waals surface area contributed by atoms with Gasteiger partial charge in [0.1, 0.15) is 23.6 Å². The molecule has 12 heteroatoms. The maximum atomic E-state index is 14.0. The Bertz CT molecular complexity index is 1490. The highest BCUT2D eigenvalue weighted by molar-refractivity contribution is 6.74. The lowest BCUT2D eigenvalue weighted by Crippen LogP contribution is -2.43. The number of rotatable bonds is 10. The van der Waals surface area contributed by atoms with Crippen LogP contribution in [0.15, 0.2) is 36.5 Å². The number of anilines is 2. The van der Waals surface area contributed by atoms with Gasteiger partial charge in [0.15, 0.2) is 8.32 Å². The van der Waals surface area contributed by atoms with E-state index in [4.69, 9.17) is 23.7 Å². The molecule has 1 aliphatic carbocycles. The van der Waals surface area contributed by atoms with E-state index in [-0.39, 0.29) is 29.7 Å². The lowest BCUT2D eigenvalue weighted by Gasteiger charge is -2.38. The number of hydrogen-bond acceptors (Lipinski definition) is 8. The molecule has 2 amide bonds. The molecule has 0 unspecified atom stereocenters. The number of pyridine rings is 1. The molecule has 1 N–H and O–H groups in total. The minimum Gasteiger partial charge on any atom is -0.473 e. The van der Waals surface area contributed by atoms with Gasteiger partial charge in [-0.25, -0.2) is 24.2 Å². The predicted molar refractivity (Wildman–Crippen MR) is 202 cm³/mol. The van der Waals surface area contributed by atoms with Crippen molar-refractivity contribution in [3.8, 4) is 5.88 Å². The van der Waals surface area contributed by atoms with Crippen LogP contribution in [0.25, 0.3) is 0 Å². The van der Waals surface area contributed by atoms with E-state index >= 15 is 0 Å². The average Bonchev–Trinajstić information content (AvgIpc) is 3.56. The zero-order valence-electron chi connectivity index (χ0n) is 33.3. The van der Waals surface area contributed by atoms with Gasteiger partial charge in [-0.15, -0.1) is 0 Å². The Balaban J connectivity index is 1.89. The van der Waals surface area contributed by atoms with Gasteiger partial charge in [0.05, 0.1) is 16.9 Å². The Hall–Kier alpha value is -3.38. The Morgan fingerprint density at radius 3 is 2.22 bits per heavy atom. The van der Waals surface area contributed by atoms with Crippen molar-refractivity contribution in [2.24, 2.45) is 0 Å². The Kier molecular flexibility index (Phi) is 12.7. The van der Waals surface area contributed by atoms with Crippen molar-refractivity contribution < 1.29 is 28.2 Å². The number of carbonyl (C=O) groups excluding carboxylic acids is 2. The third-order valence-electron chi connectivity index (χ3n) is 8.69. The summed E-state index contributed by atoms with van der Waals surface area (Å²) >= 11 is 0. The molecule has 1 saturated carbocycles. The minimum atomic E-state index is -1.91. The first-order valence-corrected chi connectivity index (χ1v) is 20.7. The van der Waals surface area contributed by atoms with E-state index in [1.807, 2.05) is 65.3 Å². The molecule has 3 rings (SSSR count). The van der Waals surface area contributed by atoms with Gasteiger partial charge in [-0.3, -0.25) is 0 Å². The molecular weight excluding hydrogens is 651 g/mol. The van der Waals surface area contributed by atoms with Gasteiger partial charge in [0, 0.05) is 36.4 Å². The van der Waals surface area contributed by atoms with Crippen LogP contribution in [-0.4, -0.2) is 65.2 Å². The number of nitrogens with one attached hydrogen (secondary N) is 1. The van der Waals surface area contributed by atoms with Gasteiger partial charge in [-0.1, -0.05) is 26.8 Å². The molecule has 0 spiro atoms. The maximum Gasteiger partial charge on any atom is 0.420 e. The molecule has 0 bridgehead atoms. The van der Waals surface area contributed by atoms with Crippen molar-refractivity contribution in [1.29, 1.82) is 0 Å². The van der Waals surface area contributed by atoms with Crippen LogP contribution < -0.4 is 15.0 Å². The minimum absolute atomic E-state index is 0.140. The van der Waals surface area contributed by atoms with Crippen molar-refractivity contribution >= 4 is 32.0 Å². The van der Waals surface area contributed by atoms with Crippen LogP contribution in [0.3, 0.4) is 0 Å². The second kappa shape index (κ2) is 15.5. The van der Waals surface area contributed by atoms with E-state index in [2.05, 4.69) is 64.9 Å². The smallest absolute Gasteiger partial charge is 0.420 e. The monoisotopic (exact) mass is 713 g/mol. The third-order valence-corrected chi connectivity index (χ3v) is 13.2. The Labute approximate surface area is 301 Å². The first kappa shape index (κ1) is 41.0. The molecule has 2 heterocycles. The molecule has 0 radical (unpaired) electrons. The Morgan fingerprint density at radius 1 is 1.00 bits per heavy atom. The highest BCUT2D eigenvalue weighted by Gasteiger charge is 2.42. The normalized spacial score (nSPS) is 18.2. The fraction of sp³-hybridized carbons (Fsp3) is 0.684. The zero-order valence-corrected chi connectivity index (χ0v) is 34.3. The second-order valence-corrected chi connectivity index (χ2v) is 22.6. The number of hydrogen-bond donors (Lipinski definition) is 1. The summed E-state index contributed by atoms with van der Waals surface area (Å²) < 4.78 is 25.9.